The summed E-state index contributed by atoms with van der Waals surface area (Å²) in [7, 11) is 0. The van der Waals surface area contributed by atoms with E-state index >= 15 is 0 Å². The molecule has 1 aliphatic carbocycles. The predicted octanol–water partition coefficient (Wildman–Crippen LogP) is 3.42. The summed E-state index contributed by atoms with van der Waals surface area (Å²) in [5, 5.41) is 1.12. The van der Waals surface area contributed by atoms with Crippen molar-refractivity contribution in [3.8, 4) is 0 Å². The minimum Gasteiger partial charge on any atom is -0.351 e. The Hall–Kier alpha value is -1.81. The predicted molar refractivity (Wildman–Crippen MR) is 97.3 cm³/mol. The number of carbonyl (C=O) groups is 1. The monoisotopic (exact) mass is 325 g/mol. The number of fused-ring (bicyclic) bond motifs is 1. The number of aromatic amines is 1. The van der Waals surface area contributed by atoms with Crippen molar-refractivity contribution in [2.75, 3.05) is 32.7 Å². The van der Waals surface area contributed by atoms with E-state index in [0.717, 1.165) is 55.1 Å². The Labute approximate surface area is 143 Å². The highest BCUT2D eigenvalue weighted by Crippen LogP contribution is 2.27. The van der Waals surface area contributed by atoms with Gasteiger partial charge < -0.3 is 14.8 Å². The summed E-state index contributed by atoms with van der Waals surface area (Å²) in [6.07, 6.45) is 5.28. The van der Waals surface area contributed by atoms with Gasteiger partial charge in [-0.15, -0.1) is 0 Å². The fraction of sp³-hybridized carbons (Fsp3) is 0.550. The van der Waals surface area contributed by atoms with Crippen LogP contribution in [0.4, 0.5) is 0 Å². The molecule has 2 fully saturated rings. The van der Waals surface area contributed by atoms with Crippen molar-refractivity contribution in [2.24, 2.45) is 5.92 Å². The van der Waals surface area contributed by atoms with Gasteiger partial charge in [0.1, 0.15) is 5.69 Å². The molecule has 4 nitrogen and oxygen atoms in total. The van der Waals surface area contributed by atoms with Crippen molar-refractivity contribution in [3.63, 3.8) is 0 Å². The second-order valence-electron chi connectivity index (χ2n) is 7.52. The van der Waals surface area contributed by atoms with Gasteiger partial charge in [-0.2, -0.15) is 0 Å². The van der Waals surface area contributed by atoms with Crippen LogP contribution in [-0.4, -0.2) is 53.4 Å². The molecule has 1 aliphatic heterocycles. The number of H-pyrrole nitrogens is 1. The van der Waals surface area contributed by atoms with Crippen LogP contribution in [0.15, 0.2) is 24.3 Å². The largest absolute Gasteiger partial charge is 0.351 e. The maximum atomic E-state index is 12.9. The number of nitrogens with zero attached hydrogens (tertiary/aromatic N) is 2. The highest BCUT2D eigenvalue weighted by Gasteiger charge is 2.25. The summed E-state index contributed by atoms with van der Waals surface area (Å²) >= 11 is 0. The zero-order chi connectivity index (χ0) is 16.5. The van der Waals surface area contributed by atoms with Crippen molar-refractivity contribution >= 4 is 16.8 Å². The van der Waals surface area contributed by atoms with Crippen molar-refractivity contribution in [1.29, 1.82) is 0 Å². The first-order chi connectivity index (χ1) is 11.7. The minimum absolute atomic E-state index is 0.148. The summed E-state index contributed by atoms with van der Waals surface area (Å²) < 4.78 is 0. The van der Waals surface area contributed by atoms with E-state index < -0.39 is 0 Å². The second kappa shape index (κ2) is 6.60. The molecular formula is C20H27N3O. The van der Waals surface area contributed by atoms with Crippen LogP contribution in [0.25, 0.3) is 10.9 Å². The maximum absolute atomic E-state index is 12.9. The van der Waals surface area contributed by atoms with E-state index in [1.54, 1.807) is 0 Å². The first-order valence-electron chi connectivity index (χ1n) is 9.30. The number of carbonyl (C=O) groups excluding carboxylic acids is 1. The van der Waals surface area contributed by atoms with E-state index in [0.29, 0.717) is 0 Å². The van der Waals surface area contributed by atoms with E-state index in [1.165, 1.54) is 31.4 Å². The Morgan fingerprint density at radius 1 is 1.12 bits per heavy atom. The van der Waals surface area contributed by atoms with Crippen LogP contribution < -0.4 is 0 Å². The average molecular weight is 325 g/mol. The standard InChI is InChI=1S/C20H27N3O/c1-15-6-7-17-13-19(21-18(17)12-15)20(24)23-9-3-8-22(10-11-23)14-16-4-2-5-16/h6-7,12-13,16,21H,2-5,8-11,14H2,1H3. The van der Waals surface area contributed by atoms with Gasteiger partial charge in [0, 0.05) is 37.1 Å². The maximum Gasteiger partial charge on any atom is 0.270 e. The van der Waals surface area contributed by atoms with Gasteiger partial charge in [-0.1, -0.05) is 18.6 Å². The number of nitrogens with one attached hydrogen (secondary N) is 1. The van der Waals surface area contributed by atoms with Crippen LogP contribution in [0.5, 0.6) is 0 Å². The zero-order valence-electron chi connectivity index (χ0n) is 14.6. The molecule has 1 amide bonds. The number of rotatable bonds is 3. The highest BCUT2D eigenvalue weighted by molar-refractivity contribution is 5.98. The molecule has 128 valence electrons. The van der Waals surface area contributed by atoms with Crippen LogP contribution >= 0.6 is 0 Å². The van der Waals surface area contributed by atoms with Crippen LogP contribution in [0.2, 0.25) is 0 Å². The van der Waals surface area contributed by atoms with Crippen molar-refractivity contribution < 1.29 is 4.79 Å². The molecule has 0 atom stereocenters. The van der Waals surface area contributed by atoms with Gasteiger partial charge in [-0.05, 0) is 56.3 Å². The van der Waals surface area contributed by atoms with Gasteiger partial charge in [-0.25, -0.2) is 0 Å². The molecule has 2 aromatic rings. The van der Waals surface area contributed by atoms with E-state index in [-0.39, 0.29) is 5.91 Å². The summed E-state index contributed by atoms with van der Waals surface area (Å²) in [4.78, 5) is 20.8. The molecule has 0 bridgehead atoms. The Morgan fingerprint density at radius 3 is 2.79 bits per heavy atom. The van der Waals surface area contributed by atoms with Gasteiger partial charge in [0.15, 0.2) is 0 Å². The minimum atomic E-state index is 0.148. The molecule has 24 heavy (non-hydrogen) atoms. The van der Waals surface area contributed by atoms with Crippen molar-refractivity contribution in [3.05, 3.63) is 35.5 Å². The molecule has 2 aliphatic rings. The van der Waals surface area contributed by atoms with Gasteiger partial charge in [0.25, 0.3) is 5.91 Å². The number of hydrogen-bond donors (Lipinski definition) is 1. The lowest BCUT2D eigenvalue weighted by Gasteiger charge is -2.31. The molecule has 0 unspecified atom stereocenters. The third kappa shape index (κ3) is 3.20. The number of benzene rings is 1. The van der Waals surface area contributed by atoms with Crippen LogP contribution in [0.1, 0.15) is 41.7 Å². The summed E-state index contributed by atoms with van der Waals surface area (Å²) in [6, 6.07) is 8.28. The number of hydrogen-bond acceptors (Lipinski definition) is 2. The van der Waals surface area contributed by atoms with E-state index in [4.69, 9.17) is 0 Å². The van der Waals surface area contributed by atoms with E-state index in [2.05, 4.69) is 35.0 Å². The Bertz CT molecular complexity index is 732. The first kappa shape index (κ1) is 15.7. The molecule has 4 rings (SSSR count). The lowest BCUT2D eigenvalue weighted by Crippen LogP contribution is -2.37. The van der Waals surface area contributed by atoms with Gasteiger partial charge in [-0.3, -0.25) is 4.79 Å². The lowest BCUT2D eigenvalue weighted by molar-refractivity contribution is 0.0754. The van der Waals surface area contributed by atoms with Gasteiger partial charge in [0.2, 0.25) is 0 Å². The molecule has 1 saturated carbocycles. The second-order valence-corrected chi connectivity index (χ2v) is 7.52. The molecule has 1 aromatic heterocycles. The molecule has 1 saturated heterocycles. The molecule has 1 aromatic carbocycles. The SMILES string of the molecule is Cc1ccc2cc(C(=O)N3CCCN(CC4CCC4)CC3)[nH]c2c1. The molecule has 2 heterocycles. The van der Waals surface area contributed by atoms with Crippen LogP contribution in [-0.2, 0) is 0 Å². The Morgan fingerprint density at radius 2 is 2.00 bits per heavy atom. The normalized spacial score (nSPS) is 20.1. The van der Waals surface area contributed by atoms with Crippen molar-refractivity contribution in [2.45, 2.75) is 32.6 Å². The fourth-order valence-corrected chi connectivity index (χ4v) is 3.92. The topological polar surface area (TPSA) is 39.3 Å². The Balaban J connectivity index is 1.43. The summed E-state index contributed by atoms with van der Waals surface area (Å²) in [5.74, 6) is 1.05. The molecule has 0 spiro atoms. The zero-order valence-corrected chi connectivity index (χ0v) is 14.6. The number of aryl methyl sites for hydroxylation is 1. The third-order valence-electron chi connectivity index (χ3n) is 5.63. The third-order valence-corrected chi connectivity index (χ3v) is 5.63. The van der Waals surface area contributed by atoms with Gasteiger partial charge >= 0.3 is 0 Å². The number of amides is 1. The first-order valence-corrected chi connectivity index (χ1v) is 9.30. The quantitative estimate of drug-likeness (QED) is 0.939. The van der Waals surface area contributed by atoms with Crippen molar-refractivity contribution in [1.82, 2.24) is 14.8 Å². The van der Waals surface area contributed by atoms with Crippen LogP contribution in [0.3, 0.4) is 0 Å². The van der Waals surface area contributed by atoms with E-state index in [1.807, 2.05) is 11.0 Å². The smallest absolute Gasteiger partial charge is 0.270 e. The van der Waals surface area contributed by atoms with Gasteiger partial charge in [0.05, 0.1) is 0 Å². The fourth-order valence-electron chi connectivity index (χ4n) is 3.92. The molecular weight excluding hydrogens is 298 g/mol. The number of aromatic nitrogens is 1. The van der Waals surface area contributed by atoms with E-state index in [9.17, 15) is 4.79 Å². The molecule has 4 heteroatoms. The van der Waals surface area contributed by atoms with Crippen LogP contribution in [0, 0.1) is 12.8 Å². The molecule has 1 N–H and O–H groups in total. The average Bonchev–Trinajstić information content (AvgIpc) is 2.80. The molecule has 0 radical (unpaired) electrons. The highest BCUT2D eigenvalue weighted by atomic mass is 16.2. The Kier molecular flexibility index (Phi) is 4.31. The lowest BCUT2D eigenvalue weighted by atomic mass is 9.85. The summed E-state index contributed by atoms with van der Waals surface area (Å²) in [6.45, 7) is 7.17. The summed E-state index contributed by atoms with van der Waals surface area (Å²) in [5.41, 5.74) is 2.99.